The van der Waals surface area contributed by atoms with Crippen molar-refractivity contribution >= 4 is 22.6 Å². The van der Waals surface area contributed by atoms with E-state index >= 15 is 4.39 Å². The molecule has 0 amide bonds. The first-order chi connectivity index (χ1) is 19.2. The van der Waals surface area contributed by atoms with Crippen LogP contribution in [0.15, 0.2) is 64.9 Å². The van der Waals surface area contributed by atoms with Gasteiger partial charge in [-0.15, -0.1) is 0 Å². The molecule has 39 heavy (non-hydrogen) atoms. The smallest absolute Gasteiger partial charge is 0.157 e. The van der Waals surface area contributed by atoms with Crippen LogP contribution < -0.4 is 10.6 Å². The first kappa shape index (κ1) is 23.7. The van der Waals surface area contributed by atoms with Gasteiger partial charge < -0.3 is 20.0 Å². The van der Waals surface area contributed by atoms with Crippen LogP contribution >= 0.6 is 0 Å². The highest BCUT2D eigenvalue weighted by Crippen LogP contribution is 2.33. The Labute approximate surface area is 224 Å². The van der Waals surface area contributed by atoms with E-state index in [1.807, 2.05) is 24.4 Å². The lowest BCUT2D eigenvalue weighted by molar-refractivity contribution is 0.489. The molecule has 1 aliphatic heterocycles. The molecule has 0 radical (unpaired) electrons. The molecule has 0 unspecified atom stereocenters. The van der Waals surface area contributed by atoms with Crippen LogP contribution in [0.2, 0.25) is 0 Å². The lowest BCUT2D eigenvalue weighted by atomic mass is 10.0. The fourth-order valence-electron chi connectivity index (χ4n) is 5.53. The summed E-state index contributed by atoms with van der Waals surface area (Å²) in [7, 11) is 0. The summed E-state index contributed by atoms with van der Waals surface area (Å²) >= 11 is 0. The maximum absolute atomic E-state index is 16.3. The standard InChI is InChI=1S/C29H27FN8O/c30-24-21(20-9-18(12-32-13-20)11-31-10-17-3-1-2-4-17)14-34-28-23(24)27(35-16-36-28)29-37-22-5-7-33-25(26(22)38-29)19-6-8-39-15-19/h5-9,12-15,17,31H,1-4,10-11,16H2,(H,34,36)(H,37,38). The lowest BCUT2D eigenvalue weighted by Gasteiger charge is -2.19. The molecular formula is C29H27FN8O. The Morgan fingerprint density at radius 3 is 2.87 bits per heavy atom. The third-order valence-electron chi connectivity index (χ3n) is 7.50. The number of aromatic amines is 1. The molecule has 196 valence electrons. The molecule has 7 rings (SSSR count). The molecule has 0 spiro atoms. The molecule has 5 aromatic heterocycles. The van der Waals surface area contributed by atoms with Crippen LogP contribution in [0.3, 0.4) is 0 Å². The molecule has 0 bridgehead atoms. The summed E-state index contributed by atoms with van der Waals surface area (Å²) in [5.74, 6) is 1.21. The molecule has 3 N–H and O–H groups in total. The van der Waals surface area contributed by atoms with Crippen molar-refractivity contribution in [3.8, 4) is 22.4 Å². The molecule has 5 aromatic rings. The monoisotopic (exact) mass is 522 g/mol. The van der Waals surface area contributed by atoms with Gasteiger partial charge in [-0.05, 0) is 49.1 Å². The van der Waals surface area contributed by atoms with Gasteiger partial charge in [0.25, 0.3) is 0 Å². The van der Waals surface area contributed by atoms with E-state index in [1.165, 1.54) is 25.7 Å². The predicted octanol–water partition coefficient (Wildman–Crippen LogP) is 5.31. The van der Waals surface area contributed by atoms with Gasteiger partial charge in [0, 0.05) is 48.0 Å². The van der Waals surface area contributed by atoms with Crippen molar-refractivity contribution in [1.29, 1.82) is 0 Å². The molecular weight excluding hydrogens is 495 g/mol. The Bertz CT molecular complexity index is 1670. The van der Waals surface area contributed by atoms with Crippen molar-refractivity contribution in [3.63, 3.8) is 0 Å². The largest absolute Gasteiger partial charge is 0.472 e. The zero-order chi connectivity index (χ0) is 26.2. The summed E-state index contributed by atoms with van der Waals surface area (Å²) in [6.45, 7) is 1.96. The Hall–Kier alpha value is -4.44. The second-order valence-electron chi connectivity index (χ2n) is 10.1. The Morgan fingerprint density at radius 1 is 1.08 bits per heavy atom. The molecule has 1 saturated carbocycles. The summed E-state index contributed by atoms with van der Waals surface area (Å²) in [6, 6.07) is 5.63. The second kappa shape index (κ2) is 10.0. The minimum absolute atomic E-state index is 0.266. The maximum atomic E-state index is 16.3. The van der Waals surface area contributed by atoms with Crippen LogP contribution in [-0.2, 0) is 6.54 Å². The Morgan fingerprint density at radius 2 is 2.00 bits per heavy atom. The molecule has 6 heterocycles. The van der Waals surface area contributed by atoms with Gasteiger partial charge in [0.15, 0.2) is 5.82 Å². The van der Waals surface area contributed by atoms with Crippen LogP contribution in [0.5, 0.6) is 0 Å². The van der Waals surface area contributed by atoms with Crippen molar-refractivity contribution in [2.24, 2.45) is 10.9 Å². The summed E-state index contributed by atoms with van der Waals surface area (Å²) in [5, 5.41) is 6.63. The molecule has 2 aliphatic rings. The van der Waals surface area contributed by atoms with Crippen molar-refractivity contribution in [2.45, 2.75) is 32.2 Å². The quantitative estimate of drug-likeness (QED) is 0.265. The molecule has 1 fully saturated rings. The highest BCUT2D eigenvalue weighted by atomic mass is 19.1. The average Bonchev–Trinajstić information content (AvgIpc) is 3.75. The topological polar surface area (TPSA) is 117 Å². The number of aromatic nitrogens is 5. The minimum Gasteiger partial charge on any atom is -0.472 e. The number of imidazole rings is 1. The summed E-state index contributed by atoms with van der Waals surface area (Å²) in [4.78, 5) is 26.1. The number of nitrogens with zero attached hydrogens (tertiary/aromatic N) is 5. The van der Waals surface area contributed by atoms with E-state index in [9.17, 15) is 0 Å². The zero-order valence-corrected chi connectivity index (χ0v) is 21.2. The highest BCUT2D eigenvalue weighted by molar-refractivity contribution is 6.16. The highest BCUT2D eigenvalue weighted by Gasteiger charge is 2.27. The van der Waals surface area contributed by atoms with Crippen molar-refractivity contribution in [1.82, 2.24) is 30.2 Å². The van der Waals surface area contributed by atoms with Gasteiger partial charge in [-0.2, -0.15) is 0 Å². The van der Waals surface area contributed by atoms with Crippen molar-refractivity contribution in [3.05, 3.63) is 78.3 Å². The first-order valence-electron chi connectivity index (χ1n) is 13.2. The van der Waals surface area contributed by atoms with Gasteiger partial charge in [-0.3, -0.25) is 15.0 Å². The number of pyridine rings is 3. The molecule has 0 saturated heterocycles. The lowest BCUT2D eigenvalue weighted by Crippen LogP contribution is -2.21. The number of H-pyrrole nitrogens is 1. The predicted molar refractivity (Wildman–Crippen MR) is 147 cm³/mol. The molecule has 1 aliphatic carbocycles. The van der Waals surface area contributed by atoms with Gasteiger partial charge in [-0.1, -0.05) is 12.8 Å². The van der Waals surface area contributed by atoms with Gasteiger partial charge in [0.05, 0.1) is 23.6 Å². The van der Waals surface area contributed by atoms with Gasteiger partial charge in [-0.25, -0.2) is 14.4 Å². The number of anilines is 1. The van der Waals surface area contributed by atoms with E-state index in [-0.39, 0.29) is 12.2 Å². The zero-order valence-electron chi connectivity index (χ0n) is 21.2. The molecule has 9 nitrogen and oxygen atoms in total. The van der Waals surface area contributed by atoms with Crippen molar-refractivity contribution < 1.29 is 8.81 Å². The van der Waals surface area contributed by atoms with Crippen LogP contribution in [0.4, 0.5) is 10.2 Å². The van der Waals surface area contributed by atoms with E-state index in [2.05, 4.69) is 35.6 Å². The van der Waals surface area contributed by atoms with Gasteiger partial charge in [0.2, 0.25) is 0 Å². The SMILES string of the molecule is Fc1c(-c2cncc(CNCC3CCCC3)c2)cnc2c1C(c1nc3c(-c4ccoc4)nccc3[nH]1)=NCN2. The Kier molecular flexibility index (Phi) is 6.08. The van der Waals surface area contributed by atoms with E-state index in [4.69, 9.17) is 9.40 Å². The molecule has 10 heteroatoms. The fourth-order valence-corrected chi connectivity index (χ4v) is 5.53. The Balaban J connectivity index is 1.22. The van der Waals surface area contributed by atoms with Crippen LogP contribution in [-0.4, -0.2) is 43.8 Å². The summed E-state index contributed by atoms with van der Waals surface area (Å²) < 4.78 is 21.5. The van der Waals surface area contributed by atoms with Crippen LogP contribution in [0.25, 0.3) is 33.4 Å². The van der Waals surface area contributed by atoms with Gasteiger partial charge in [0.1, 0.15) is 35.2 Å². The van der Waals surface area contributed by atoms with Gasteiger partial charge >= 0.3 is 0 Å². The van der Waals surface area contributed by atoms with E-state index in [1.54, 1.807) is 31.1 Å². The third kappa shape index (κ3) is 4.46. The van der Waals surface area contributed by atoms with Crippen molar-refractivity contribution in [2.75, 3.05) is 18.5 Å². The third-order valence-corrected chi connectivity index (χ3v) is 7.50. The number of hydrogen-bond acceptors (Lipinski definition) is 8. The first-order valence-corrected chi connectivity index (χ1v) is 13.2. The normalized spacial score (nSPS) is 15.4. The van der Waals surface area contributed by atoms with Crippen LogP contribution in [0, 0.1) is 11.7 Å². The number of furan rings is 1. The maximum Gasteiger partial charge on any atom is 0.157 e. The van der Waals surface area contributed by atoms with Crippen LogP contribution in [0.1, 0.15) is 42.6 Å². The number of halogens is 1. The number of aliphatic imine (C=N–C) groups is 1. The number of hydrogen-bond donors (Lipinski definition) is 3. The fraction of sp³-hybridized carbons (Fsp3) is 0.276. The molecule has 0 atom stereocenters. The summed E-state index contributed by atoms with van der Waals surface area (Å²) in [6.07, 6.45) is 15.2. The minimum atomic E-state index is -0.419. The second-order valence-corrected chi connectivity index (χ2v) is 10.1. The number of rotatable bonds is 7. The average molecular weight is 523 g/mol. The van der Waals surface area contributed by atoms with E-state index in [0.29, 0.717) is 46.2 Å². The number of fused-ring (bicyclic) bond motifs is 2. The number of nitrogens with one attached hydrogen (secondary N) is 3. The van der Waals surface area contributed by atoms with E-state index < -0.39 is 5.82 Å². The summed E-state index contributed by atoms with van der Waals surface area (Å²) in [5.41, 5.74) is 5.64. The van der Waals surface area contributed by atoms with E-state index in [0.717, 1.165) is 29.1 Å². The molecule has 0 aromatic carbocycles.